The second kappa shape index (κ2) is 9.85. The molecular formula is C17H30N2. The van der Waals surface area contributed by atoms with E-state index in [0.29, 0.717) is 6.04 Å². The fourth-order valence-corrected chi connectivity index (χ4v) is 2.36. The maximum absolute atomic E-state index is 3.63. The summed E-state index contributed by atoms with van der Waals surface area (Å²) in [5.41, 5.74) is 1.32. The van der Waals surface area contributed by atoms with E-state index in [1.165, 1.54) is 31.4 Å². The van der Waals surface area contributed by atoms with Gasteiger partial charge in [-0.05, 0) is 32.4 Å². The van der Waals surface area contributed by atoms with Gasteiger partial charge in [-0.3, -0.25) is 0 Å². The van der Waals surface area contributed by atoms with E-state index < -0.39 is 0 Å². The molecule has 1 aromatic rings. The Morgan fingerprint density at radius 2 is 1.84 bits per heavy atom. The van der Waals surface area contributed by atoms with Crippen molar-refractivity contribution in [1.82, 2.24) is 5.32 Å². The Morgan fingerprint density at radius 1 is 1.11 bits per heavy atom. The summed E-state index contributed by atoms with van der Waals surface area (Å²) in [6.07, 6.45) is 5.31. The summed E-state index contributed by atoms with van der Waals surface area (Å²) in [6, 6.07) is 11.3. The van der Waals surface area contributed by atoms with Crippen molar-refractivity contribution in [3.05, 3.63) is 30.3 Å². The molecule has 0 aromatic heterocycles. The molecule has 0 fully saturated rings. The molecule has 1 rings (SSSR count). The van der Waals surface area contributed by atoms with Crippen molar-refractivity contribution < 1.29 is 0 Å². The molecule has 1 aromatic carbocycles. The fraction of sp³-hybridized carbons (Fsp3) is 0.647. The minimum Gasteiger partial charge on any atom is -0.371 e. The third kappa shape index (κ3) is 6.63. The van der Waals surface area contributed by atoms with E-state index in [4.69, 9.17) is 0 Å². The average Bonchev–Trinajstić information content (AvgIpc) is 2.45. The van der Waals surface area contributed by atoms with Crippen LogP contribution in [-0.4, -0.2) is 25.7 Å². The highest BCUT2D eigenvalue weighted by Crippen LogP contribution is 2.11. The molecule has 0 saturated carbocycles. The molecule has 1 unspecified atom stereocenters. The van der Waals surface area contributed by atoms with Crippen LogP contribution >= 0.6 is 0 Å². The van der Waals surface area contributed by atoms with Crippen LogP contribution in [0.1, 0.15) is 46.5 Å². The van der Waals surface area contributed by atoms with Crippen molar-refractivity contribution in [2.75, 3.05) is 24.5 Å². The normalized spacial score (nSPS) is 12.4. The van der Waals surface area contributed by atoms with Gasteiger partial charge in [0.25, 0.3) is 0 Å². The first-order chi connectivity index (χ1) is 9.27. The van der Waals surface area contributed by atoms with E-state index in [0.717, 1.165) is 19.6 Å². The maximum atomic E-state index is 3.63. The summed E-state index contributed by atoms with van der Waals surface area (Å²) in [6.45, 7) is 9.99. The van der Waals surface area contributed by atoms with Gasteiger partial charge in [-0.15, -0.1) is 0 Å². The largest absolute Gasteiger partial charge is 0.371 e. The Hall–Kier alpha value is -1.02. The molecule has 0 heterocycles. The summed E-state index contributed by atoms with van der Waals surface area (Å²) in [5, 5.41) is 3.63. The molecule has 0 saturated heterocycles. The Kier molecular flexibility index (Phi) is 8.31. The van der Waals surface area contributed by atoms with Gasteiger partial charge in [0.1, 0.15) is 0 Å². The van der Waals surface area contributed by atoms with Gasteiger partial charge in [-0.1, -0.05) is 44.4 Å². The lowest BCUT2D eigenvalue weighted by molar-refractivity contribution is 0.489. The van der Waals surface area contributed by atoms with Crippen LogP contribution in [0.2, 0.25) is 0 Å². The quantitative estimate of drug-likeness (QED) is 0.639. The summed E-state index contributed by atoms with van der Waals surface area (Å²) in [7, 11) is 0. The number of likely N-dealkylation sites (N-methyl/N-ethyl adjacent to an activating group) is 1. The van der Waals surface area contributed by atoms with Crippen LogP contribution in [0, 0.1) is 0 Å². The predicted molar refractivity (Wildman–Crippen MR) is 85.9 cm³/mol. The first-order valence-corrected chi connectivity index (χ1v) is 7.81. The zero-order valence-electron chi connectivity index (χ0n) is 12.9. The number of nitrogens with zero attached hydrogens (tertiary/aromatic N) is 1. The van der Waals surface area contributed by atoms with Gasteiger partial charge in [0.2, 0.25) is 0 Å². The molecule has 2 nitrogen and oxygen atoms in total. The van der Waals surface area contributed by atoms with E-state index in [1.54, 1.807) is 0 Å². The van der Waals surface area contributed by atoms with Crippen LogP contribution in [0.5, 0.6) is 0 Å². The molecule has 0 aliphatic carbocycles. The summed E-state index contributed by atoms with van der Waals surface area (Å²) < 4.78 is 0. The van der Waals surface area contributed by atoms with Crippen LogP contribution in [0.15, 0.2) is 30.3 Å². The molecule has 0 spiro atoms. The smallest absolute Gasteiger partial charge is 0.0366 e. The third-order valence-corrected chi connectivity index (χ3v) is 3.62. The Morgan fingerprint density at radius 3 is 2.47 bits per heavy atom. The van der Waals surface area contributed by atoms with Gasteiger partial charge >= 0.3 is 0 Å². The lowest BCUT2D eigenvalue weighted by atomic mass is 10.1. The number of hydrogen-bond acceptors (Lipinski definition) is 2. The van der Waals surface area contributed by atoms with E-state index in [2.05, 4.69) is 61.3 Å². The van der Waals surface area contributed by atoms with Crippen molar-refractivity contribution in [2.45, 2.75) is 52.5 Å². The zero-order chi connectivity index (χ0) is 13.9. The highest BCUT2D eigenvalue weighted by Gasteiger charge is 2.04. The van der Waals surface area contributed by atoms with E-state index in [-0.39, 0.29) is 0 Å². The fourth-order valence-electron chi connectivity index (χ4n) is 2.36. The number of rotatable bonds is 10. The minimum absolute atomic E-state index is 0.640. The Bertz CT molecular complexity index is 310. The van der Waals surface area contributed by atoms with Crippen molar-refractivity contribution in [3.63, 3.8) is 0 Å². The number of anilines is 1. The van der Waals surface area contributed by atoms with Crippen molar-refractivity contribution in [1.29, 1.82) is 0 Å². The van der Waals surface area contributed by atoms with Gasteiger partial charge in [0.15, 0.2) is 0 Å². The molecule has 0 radical (unpaired) electrons. The van der Waals surface area contributed by atoms with Crippen LogP contribution in [0.25, 0.3) is 0 Å². The van der Waals surface area contributed by atoms with Gasteiger partial charge in [0.05, 0.1) is 0 Å². The first-order valence-electron chi connectivity index (χ1n) is 7.81. The Labute approximate surface area is 119 Å². The van der Waals surface area contributed by atoms with Crippen molar-refractivity contribution in [2.24, 2.45) is 0 Å². The number of unbranched alkanes of at least 4 members (excludes halogenated alkanes) is 2. The summed E-state index contributed by atoms with van der Waals surface area (Å²) in [4.78, 5) is 2.42. The van der Waals surface area contributed by atoms with Crippen LogP contribution in [0.3, 0.4) is 0 Å². The summed E-state index contributed by atoms with van der Waals surface area (Å²) in [5.74, 6) is 0. The average molecular weight is 262 g/mol. The molecular weight excluding hydrogens is 232 g/mol. The second-order valence-corrected chi connectivity index (χ2v) is 5.27. The second-order valence-electron chi connectivity index (χ2n) is 5.27. The van der Waals surface area contributed by atoms with Crippen molar-refractivity contribution in [3.8, 4) is 0 Å². The van der Waals surface area contributed by atoms with Gasteiger partial charge < -0.3 is 10.2 Å². The maximum Gasteiger partial charge on any atom is 0.0366 e. The topological polar surface area (TPSA) is 15.3 Å². The molecule has 0 amide bonds. The highest BCUT2D eigenvalue weighted by atomic mass is 15.1. The van der Waals surface area contributed by atoms with Gasteiger partial charge in [-0.25, -0.2) is 0 Å². The lowest BCUT2D eigenvalue weighted by Gasteiger charge is -2.24. The number of para-hydroxylation sites is 1. The number of nitrogens with one attached hydrogen (secondary N) is 1. The molecule has 2 heteroatoms. The molecule has 0 aliphatic heterocycles. The molecule has 108 valence electrons. The van der Waals surface area contributed by atoms with E-state index in [1.807, 2.05) is 0 Å². The Balaban J connectivity index is 2.23. The molecule has 1 N–H and O–H groups in total. The highest BCUT2D eigenvalue weighted by molar-refractivity contribution is 5.45. The predicted octanol–water partition coefficient (Wildman–Crippen LogP) is 4.07. The first kappa shape index (κ1) is 16.0. The van der Waals surface area contributed by atoms with Crippen LogP contribution in [-0.2, 0) is 0 Å². The minimum atomic E-state index is 0.640. The number of hydrogen-bond donors (Lipinski definition) is 1. The molecule has 19 heavy (non-hydrogen) atoms. The molecule has 0 bridgehead atoms. The van der Waals surface area contributed by atoms with E-state index in [9.17, 15) is 0 Å². The molecule has 1 atom stereocenters. The third-order valence-electron chi connectivity index (χ3n) is 3.62. The standard InChI is InChI=1S/C17H30N2/c1-4-6-8-11-16(3)18-14-15-19(5-2)17-12-9-7-10-13-17/h7,9-10,12-13,16,18H,4-6,8,11,14-15H2,1-3H3. The van der Waals surface area contributed by atoms with Gasteiger partial charge in [-0.2, -0.15) is 0 Å². The van der Waals surface area contributed by atoms with E-state index >= 15 is 0 Å². The van der Waals surface area contributed by atoms with Crippen molar-refractivity contribution >= 4 is 5.69 Å². The van der Waals surface area contributed by atoms with Crippen LogP contribution in [0.4, 0.5) is 5.69 Å². The SMILES string of the molecule is CCCCCC(C)NCCN(CC)c1ccccc1. The lowest BCUT2D eigenvalue weighted by Crippen LogP contribution is -2.36. The summed E-state index contributed by atoms with van der Waals surface area (Å²) >= 11 is 0. The number of benzene rings is 1. The monoisotopic (exact) mass is 262 g/mol. The van der Waals surface area contributed by atoms with Crippen LogP contribution < -0.4 is 10.2 Å². The molecule has 0 aliphatic rings. The zero-order valence-corrected chi connectivity index (χ0v) is 12.9. The van der Waals surface area contributed by atoms with Gasteiger partial charge in [0, 0.05) is 31.4 Å².